The Morgan fingerprint density at radius 1 is 1.23 bits per heavy atom. The van der Waals surface area contributed by atoms with Crippen LogP contribution in [0.2, 0.25) is 0 Å². The minimum atomic E-state index is -0.390. The molecule has 22 heavy (non-hydrogen) atoms. The van der Waals surface area contributed by atoms with Crippen molar-refractivity contribution >= 4 is 28.1 Å². The smallest absolute Gasteiger partial charge is 0.341 e. The molecule has 1 aromatic heterocycles. The van der Waals surface area contributed by atoms with Gasteiger partial charge in [0.1, 0.15) is 5.00 Å². The third-order valence-electron chi connectivity index (χ3n) is 3.24. The minimum Gasteiger partial charge on any atom is -0.462 e. The molecular formula is C17H19NO3S. The molecule has 0 aliphatic carbocycles. The first-order valence-electron chi connectivity index (χ1n) is 7.13. The van der Waals surface area contributed by atoms with Gasteiger partial charge in [0, 0.05) is 6.54 Å². The standard InChI is InChI=1S/C17H19NO3S/c1-4-21-17(20)14-11(2)15(12(3)19)22-16(14)18-10-13-8-6-5-7-9-13/h5-9,18H,4,10H2,1-3H3. The third-order valence-corrected chi connectivity index (χ3v) is 4.59. The molecule has 0 saturated heterocycles. The fraction of sp³-hybridized carbons (Fsp3) is 0.294. The van der Waals surface area contributed by atoms with E-state index >= 15 is 0 Å². The highest BCUT2D eigenvalue weighted by Gasteiger charge is 2.23. The molecule has 0 bridgehead atoms. The number of anilines is 1. The molecular weight excluding hydrogens is 298 g/mol. The predicted molar refractivity (Wildman–Crippen MR) is 88.8 cm³/mol. The Balaban J connectivity index is 2.30. The summed E-state index contributed by atoms with van der Waals surface area (Å²) in [4.78, 5) is 24.5. The van der Waals surface area contributed by atoms with Gasteiger partial charge < -0.3 is 10.1 Å². The average molecular weight is 317 g/mol. The van der Waals surface area contributed by atoms with Crippen molar-refractivity contribution in [3.05, 3.63) is 51.9 Å². The number of esters is 1. The van der Waals surface area contributed by atoms with E-state index in [0.717, 1.165) is 5.56 Å². The summed E-state index contributed by atoms with van der Waals surface area (Å²) in [6.07, 6.45) is 0. The number of ketones is 1. The summed E-state index contributed by atoms with van der Waals surface area (Å²) in [5, 5.41) is 3.94. The van der Waals surface area contributed by atoms with Crippen LogP contribution >= 0.6 is 11.3 Å². The van der Waals surface area contributed by atoms with Crippen molar-refractivity contribution in [1.82, 2.24) is 0 Å². The lowest BCUT2D eigenvalue weighted by Gasteiger charge is -2.08. The molecule has 1 aromatic carbocycles. The zero-order valence-corrected chi connectivity index (χ0v) is 13.8. The summed E-state index contributed by atoms with van der Waals surface area (Å²) >= 11 is 1.31. The SMILES string of the molecule is CCOC(=O)c1c(NCc2ccccc2)sc(C(C)=O)c1C. The Bertz CT molecular complexity index is 677. The number of thiophene rings is 1. The molecule has 0 aliphatic heterocycles. The first-order chi connectivity index (χ1) is 10.5. The van der Waals surface area contributed by atoms with Crippen LogP contribution in [0.4, 0.5) is 5.00 Å². The van der Waals surface area contributed by atoms with Crippen LogP contribution in [0, 0.1) is 6.92 Å². The molecule has 2 aromatic rings. The number of rotatable bonds is 6. The first-order valence-corrected chi connectivity index (χ1v) is 7.95. The highest BCUT2D eigenvalue weighted by molar-refractivity contribution is 7.18. The summed E-state index contributed by atoms with van der Waals surface area (Å²) in [5.41, 5.74) is 2.26. The van der Waals surface area contributed by atoms with Crippen molar-refractivity contribution in [2.45, 2.75) is 27.3 Å². The molecule has 4 nitrogen and oxygen atoms in total. The molecule has 1 N–H and O–H groups in total. The van der Waals surface area contributed by atoms with E-state index in [1.807, 2.05) is 30.3 Å². The van der Waals surface area contributed by atoms with Crippen LogP contribution in [-0.2, 0) is 11.3 Å². The highest BCUT2D eigenvalue weighted by atomic mass is 32.1. The van der Waals surface area contributed by atoms with Gasteiger partial charge in [-0.05, 0) is 31.9 Å². The quantitative estimate of drug-likeness (QED) is 0.645. The number of carbonyl (C=O) groups is 2. The molecule has 0 fully saturated rings. The van der Waals surface area contributed by atoms with Gasteiger partial charge in [-0.2, -0.15) is 0 Å². The van der Waals surface area contributed by atoms with Crippen molar-refractivity contribution in [3.63, 3.8) is 0 Å². The topological polar surface area (TPSA) is 55.4 Å². The Labute approximate surface area is 134 Å². The number of hydrogen-bond acceptors (Lipinski definition) is 5. The lowest BCUT2D eigenvalue weighted by molar-refractivity contribution is 0.0527. The second kappa shape index (κ2) is 7.22. The number of Topliss-reactive ketones (excluding diaryl/α,β-unsaturated/α-hetero) is 1. The molecule has 116 valence electrons. The van der Waals surface area contributed by atoms with Crippen molar-refractivity contribution in [1.29, 1.82) is 0 Å². The van der Waals surface area contributed by atoms with Crippen LogP contribution < -0.4 is 5.32 Å². The van der Waals surface area contributed by atoms with Gasteiger partial charge in [0.2, 0.25) is 0 Å². The number of carbonyl (C=O) groups excluding carboxylic acids is 2. The Hall–Kier alpha value is -2.14. The maximum absolute atomic E-state index is 12.2. The molecule has 0 atom stereocenters. The van der Waals surface area contributed by atoms with E-state index in [2.05, 4.69) is 5.32 Å². The van der Waals surface area contributed by atoms with Gasteiger partial charge in [0.05, 0.1) is 17.0 Å². The second-order valence-electron chi connectivity index (χ2n) is 4.88. The Morgan fingerprint density at radius 2 is 1.91 bits per heavy atom. The molecule has 2 rings (SSSR count). The molecule has 0 saturated carbocycles. The summed E-state index contributed by atoms with van der Waals surface area (Å²) in [5.74, 6) is -0.430. The monoisotopic (exact) mass is 317 g/mol. The molecule has 0 spiro atoms. The van der Waals surface area contributed by atoms with E-state index in [9.17, 15) is 9.59 Å². The molecule has 0 amide bonds. The van der Waals surface area contributed by atoms with E-state index in [-0.39, 0.29) is 11.8 Å². The fourth-order valence-electron chi connectivity index (χ4n) is 2.20. The van der Waals surface area contributed by atoms with Gasteiger partial charge in [-0.25, -0.2) is 4.79 Å². The van der Waals surface area contributed by atoms with Crippen LogP contribution in [0.15, 0.2) is 30.3 Å². The van der Waals surface area contributed by atoms with E-state index in [4.69, 9.17) is 4.74 Å². The van der Waals surface area contributed by atoms with Crippen molar-refractivity contribution in [2.24, 2.45) is 0 Å². The van der Waals surface area contributed by atoms with Gasteiger partial charge in [-0.1, -0.05) is 30.3 Å². The van der Waals surface area contributed by atoms with Crippen LogP contribution in [0.1, 0.15) is 45.0 Å². The van der Waals surface area contributed by atoms with Gasteiger partial charge in [-0.15, -0.1) is 11.3 Å². The van der Waals surface area contributed by atoms with Crippen LogP contribution in [0.5, 0.6) is 0 Å². The molecule has 1 heterocycles. The maximum atomic E-state index is 12.2. The summed E-state index contributed by atoms with van der Waals surface area (Å²) in [6.45, 7) is 5.96. The summed E-state index contributed by atoms with van der Waals surface area (Å²) in [7, 11) is 0. The number of benzene rings is 1. The minimum absolute atomic E-state index is 0.0409. The zero-order chi connectivity index (χ0) is 16.1. The van der Waals surface area contributed by atoms with Gasteiger partial charge in [0.25, 0.3) is 0 Å². The van der Waals surface area contributed by atoms with E-state index in [1.165, 1.54) is 18.3 Å². The normalized spacial score (nSPS) is 10.3. The Kier molecular flexibility index (Phi) is 5.33. The molecule has 0 radical (unpaired) electrons. The number of ether oxygens (including phenoxy) is 1. The summed E-state index contributed by atoms with van der Waals surface area (Å²) in [6, 6.07) is 9.89. The second-order valence-corrected chi connectivity index (χ2v) is 5.90. The lowest BCUT2D eigenvalue weighted by atomic mass is 10.1. The van der Waals surface area contributed by atoms with Gasteiger partial charge >= 0.3 is 5.97 Å². The highest BCUT2D eigenvalue weighted by Crippen LogP contribution is 2.34. The fourth-order valence-corrected chi connectivity index (χ4v) is 3.29. The Morgan fingerprint density at radius 3 is 2.50 bits per heavy atom. The predicted octanol–water partition coefficient (Wildman–Crippen LogP) is 4.05. The van der Waals surface area contributed by atoms with E-state index in [0.29, 0.717) is 34.2 Å². The van der Waals surface area contributed by atoms with Gasteiger partial charge in [-0.3, -0.25) is 4.79 Å². The number of hydrogen-bond donors (Lipinski definition) is 1. The first kappa shape index (κ1) is 16.2. The number of nitrogens with one attached hydrogen (secondary N) is 1. The molecule has 0 unspecified atom stereocenters. The van der Waals surface area contributed by atoms with Gasteiger partial charge in [0.15, 0.2) is 5.78 Å². The molecule has 5 heteroatoms. The van der Waals surface area contributed by atoms with Crippen molar-refractivity contribution in [3.8, 4) is 0 Å². The van der Waals surface area contributed by atoms with Crippen molar-refractivity contribution in [2.75, 3.05) is 11.9 Å². The van der Waals surface area contributed by atoms with Crippen LogP contribution in [0.25, 0.3) is 0 Å². The lowest BCUT2D eigenvalue weighted by Crippen LogP contribution is -2.09. The van der Waals surface area contributed by atoms with E-state index in [1.54, 1.807) is 13.8 Å². The van der Waals surface area contributed by atoms with Crippen molar-refractivity contribution < 1.29 is 14.3 Å². The maximum Gasteiger partial charge on any atom is 0.341 e. The zero-order valence-electron chi connectivity index (χ0n) is 12.9. The van der Waals surface area contributed by atoms with Crippen LogP contribution in [-0.4, -0.2) is 18.4 Å². The van der Waals surface area contributed by atoms with Crippen LogP contribution in [0.3, 0.4) is 0 Å². The third kappa shape index (κ3) is 3.54. The molecule has 0 aliphatic rings. The largest absolute Gasteiger partial charge is 0.462 e. The summed E-state index contributed by atoms with van der Waals surface area (Å²) < 4.78 is 5.11. The van der Waals surface area contributed by atoms with E-state index < -0.39 is 0 Å². The average Bonchev–Trinajstić information content (AvgIpc) is 2.83.